The number of rotatable bonds is 7. The number of carbonyl (C=O) groups excluding carboxylic acids is 2. The van der Waals surface area contributed by atoms with Crippen molar-refractivity contribution in [1.29, 1.82) is 0 Å². The molecule has 27 heavy (non-hydrogen) atoms. The van der Waals surface area contributed by atoms with E-state index in [0.717, 1.165) is 16.3 Å². The molecule has 8 heteroatoms. The average Bonchev–Trinajstić information content (AvgIpc) is 3.30. The first-order chi connectivity index (χ1) is 13.0. The predicted octanol–water partition coefficient (Wildman–Crippen LogP) is 3.56. The van der Waals surface area contributed by atoms with Crippen LogP contribution in [0.1, 0.15) is 21.8 Å². The van der Waals surface area contributed by atoms with E-state index in [1.165, 1.54) is 11.6 Å². The Bertz CT molecular complexity index is 934. The van der Waals surface area contributed by atoms with Gasteiger partial charge >= 0.3 is 0 Å². The second-order valence-electron chi connectivity index (χ2n) is 5.90. The minimum Gasteiger partial charge on any atom is -0.444 e. The first-order valence-electron chi connectivity index (χ1n) is 8.33. The van der Waals surface area contributed by atoms with Gasteiger partial charge in [-0.2, -0.15) is 0 Å². The average molecular weight is 448 g/mol. The molecule has 2 heterocycles. The molecule has 0 unspecified atom stereocenters. The van der Waals surface area contributed by atoms with Crippen LogP contribution < -0.4 is 10.6 Å². The number of halogens is 1. The van der Waals surface area contributed by atoms with Crippen molar-refractivity contribution < 1.29 is 14.0 Å². The number of hydrogen-bond acceptors (Lipinski definition) is 5. The Morgan fingerprint density at radius 2 is 1.93 bits per heavy atom. The van der Waals surface area contributed by atoms with Crippen molar-refractivity contribution in [3.63, 3.8) is 0 Å². The third kappa shape index (κ3) is 5.51. The fourth-order valence-electron chi connectivity index (χ4n) is 2.33. The topological polar surface area (TPSA) is 84.2 Å². The van der Waals surface area contributed by atoms with Crippen molar-refractivity contribution in [2.45, 2.75) is 13.3 Å². The molecular formula is C19H18BrN3O3S. The molecular weight excluding hydrogens is 430 g/mol. The third-order valence-electron chi connectivity index (χ3n) is 3.76. The van der Waals surface area contributed by atoms with Gasteiger partial charge in [0.15, 0.2) is 10.4 Å². The van der Waals surface area contributed by atoms with E-state index >= 15 is 0 Å². The Labute approximate surface area is 169 Å². The first kappa shape index (κ1) is 19.3. The van der Waals surface area contributed by atoms with Gasteiger partial charge in [-0.3, -0.25) is 9.59 Å². The van der Waals surface area contributed by atoms with Gasteiger partial charge in [0.2, 0.25) is 5.91 Å². The van der Waals surface area contributed by atoms with Crippen molar-refractivity contribution in [1.82, 2.24) is 15.6 Å². The lowest BCUT2D eigenvalue weighted by atomic mass is 10.2. The number of carbonyl (C=O) groups is 2. The van der Waals surface area contributed by atoms with Gasteiger partial charge in [-0.05, 0) is 35.0 Å². The van der Waals surface area contributed by atoms with Gasteiger partial charge in [-0.15, -0.1) is 11.3 Å². The zero-order valence-electron chi connectivity index (χ0n) is 14.6. The number of aryl methyl sites for hydroxylation is 1. The number of nitrogens with zero attached hydrogens (tertiary/aromatic N) is 1. The minimum absolute atomic E-state index is 0.108. The lowest BCUT2D eigenvalue weighted by molar-refractivity contribution is -0.120. The molecule has 3 rings (SSSR count). The van der Waals surface area contributed by atoms with Crippen LogP contribution in [-0.2, 0) is 11.2 Å². The van der Waals surface area contributed by atoms with Gasteiger partial charge in [-0.1, -0.05) is 29.8 Å². The highest BCUT2D eigenvalue weighted by molar-refractivity contribution is 9.10. The van der Waals surface area contributed by atoms with Gasteiger partial charge in [0.25, 0.3) is 5.91 Å². The molecule has 6 nitrogen and oxygen atoms in total. The third-order valence-corrected chi connectivity index (χ3v) is 5.13. The molecule has 0 saturated carbocycles. The van der Waals surface area contributed by atoms with Crippen LogP contribution >= 0.6 is 27.3 Å². The number of hydrogen-bond donors (Lipinski definition) is 2. The monoisotopic (exact) mass is 447 g/mol. The van der Waals surface area contributed by atoms with Crippen LogP contribution in [0.5, 0.6) is 0 Å². The number of aromatic nitrogens is 1. The molecule has 1 aromatic carbocycles. The molecule has 2 amide bonds. The zero-order chi connectivity index (χ0) is 19.2. The molecule has 3 aromatic rings. The maximum atomic E-state index is 11.8. The van der Waals surface area contributed by atoms with Gasteiger partial charge < -0.3 is 15.1 Å². The van der Waals surface area contributed by atoms with E-state index in [4.69, 9.17) is 4.42 Å². The summed E-state index contributed by atoms with van der Waals surface area (Å²) in [6.07, 6.45) is 0.632. The van der Waals surface area contributed by atoms with Crippen LogP contribution in [0.3, 0.4) is 0 Å². The summed E-state index contributed by atoms with van der Waals surface area (Å²) in [6.45, 7) is 2.40. The second-order valence-corrected chi connectivity index (χ2v) is 7.54. The molecule has 0 aliphatic carbocycles. The Balaban J connectivity index is 1.41. The number of amides is 2. The molecule has 0 fully saturated rings. The van der Waals surface area contributed by atoms with E-state index in [-0.39, 0.29) is 18.2 Å². The first-order valence-corrected chi connectivity index (χ1v) is 10.0. The summed E-state index contributed by atoms with van der Waals surface area (Å²) in [4.78, 5) is 28.3. The Morgan fingerprint density at radius 3 is 2.63 bits per heavy atom. The molecule has 0 radical (unpaired) electrons. The molecule has 2 aromatic heterocycles. The van der Waals surface area contributed by atoms with Crippen LogP contribution in [0.15, 0.2) is 50.9 Å². The molecule has 140 valence electrons. The fourth-order valence-corrected chi connectivity index (χ4v) is 3.49. The Morgan fingerprint density at radius 1 is 1.15 bits per heavy atom. The molecule has 0 aliphatic heterocycles. The maximum absolute atomic E-state index is 11.8. The number of benzene rings is 1. The molecule has 0 spiro atoms. The van der Waals surface area contributed by atoms with Crippen LogP contribution in [0.2, 0.25) is 0 Å². The van der Waals surface area contributed by atoms with E-state index in [1.54, 1.807) is 17.4 Å². The van der Waals surface area contributed by atoms with E-state index in [0.29, 0.717) is 17.6 Å². The predicted molar refractivity (Wildman–Crippen MR) is 108 cm³/mol. The minimum atomic E-state index is -0.432. The van der Waals surface area contributed by atoms with Crippen LogP contribution in [0.4, 0.5) is 0 Å². The standard InChI is InChI=1S/C19H18BrN3O3S/c1-12-2-4-13(5-3-12)19-23-14(11-27-19)8-9-21-17(24)10-22-18(25)15-6-7-16(20)26-15/h2-7,11H,8-10H2,1H3,(H,21,24)(H,22,25). The summed E-state index contributed by atoms with van der Waals surface area (Å²) in [5.74, 6) is -0.540. The molecule has 0 atom stereocenters. The maximum Gasteiger partial charge on any atom is 0.287 e. The summed E-state index contributed by atoms with van der Waals surface area (Å²) in [5, 5.41) is 8.25. The fraction of sp³-hybridized carbons (Fsp3) is 0.211. The highest BCUT2D eigenvalue weighted by Gasteiger charge is 2.12. The lowest BCUT2D eigenvalue weighted by Gasteiger charge is -2.05. The number of nitrogens with one attached hydrogen (secondary N) is 2. The quantitative estimate of drug-likeness (QED) is 0.579. The summed E-state index contributed by atoms with van der Waals surface area (Å²) < 4.78 is 5.59. The summed E-state index contributed by atoms with van der Waals surface area (Å²) in [5.41, 5.74) is 3.23. The number of furan rings is 1. The molecule has 0 aliphatic rings. The highest BCUT2D eigenvalue weighted by Crippen LogP contribution is 2.24. The largest absolute Gasteiger partial charge is 0.444 e. The highest BCUT2D eigenvalue weighted by atomic mass is 79.9. The van der Waals surface area contributed by atoms with Gasteiger partial charge in [0, 0.05) is 23.9 Å². The summed E-state index contributed by atoms with van der Waals surface area (Å²) >= 11 is 4.71. The van der Waals surface area contributed by atoms with Crippen molar-refractivity contribution in [3.8, 4) is 10.6 Å². The Hall–Kier alpha value is -2.45. The summed E-state index contributed by atoms with van der Waals surface area (Å²) in [6, 6.07) is 11.4. The molecule has 2 N–H and O–H groups in total. The van der Waals surface area contributed by atoms with Crippen molar-refractivity contribution >= 4 is 39.1 Å². The molecule has 0 bridgehead atoms. The van der Waals surface area contributed by atoms with E-state index in [2.05, 4.69) is 62.7 Å². The zero-order valence-corrected chi connectivity index (χ0v) is 17.0. The smallest absolute Gasteiger partial charge is 0.287 e. The Kier molecular flexibility index (Phi) is 6.41. The van der Waals surface area contributed by atoms with Gasteiger partial charge in [0.1, 0.15) is 5.01 Å². The second kappa shape index (κ2) is 8.96. The molecule has 0 saturated heterocycles. The van der Waals surface area contributed by atoms with E-state index in [1.807, 2.05) is 5.38 Å². The van der Waals surface area contributed by atoms with Crippen LogP contribution in [-0.4, -0.2) is 29.9 Å². The van der Waals surface area contributed by atoms with Crippen LogP contribution in [0, 0.1) is 6.92 Å². The lowest BCUT2D eigenvalue weighted by Crippen LogP contribution is -2.37. The van der Waals surface area contributed by atoms with E-state index in [9.17, 15) is 9.59 Å². The van der Waals surface area contributed by atoms with Crippen molar-refractivity contribution in [2.75, 3.05) is 13.1 Å². The summed E-state index contributed by atoms with van der Waals surface area (Å²) in [7, 11) is 0. The van der Waals surface area contributed by atoms with Gasteiger partial charge in [0.05, 0.1) is 12.2 Å². The van der Waals surface area contributed by atoms with Crippen molar-refractivity contribution in [2.24, 2.45) is 0 Å². The normalized spacial score (nSPS) is 10.6. The number of thiazole rings is 1. The van der Waals surface area contributed by atoms with Crippen LogP contribution in [0.25, 0.3) is 10.6 Å². The van der Waals surface area contributed by atoms with Crippen molar-refractivity contribution in [3.05, 3.63) is 63.5 Å². The van der Waals surface area contributed by atoms with E-state index < -0.39 is 5.91 Å². The van der Waals surface area contributed by atoms with Gasteiger partial charge in [-0.25, -0.2) is 4.98 Å². The SMILES string of the molecule is Cc1ccc(-c2nc(CCNC(=O)CNC(=O)c3ccc(Br)o3)cs2)cc1.